The van der Waals surface area contributed by atoms with Crippen LogP contribution in [0.25, 0.3) is 0 Å². The first-order chi connectivity index (χ1) is 6.57. The number of ketones is 1. The van der Waals surface area contributed by atoms with Gasteiger partial charge in [-0.15, -0.1) is 0 Å². The van der Waals surface area contributed by atoms with Crippen LogP contribution in [0.3, 0.4) is 0 Å². The highest BCUT2D eigenvalue weighted by Gasteiger charge is 2.61. The molecule has 0 N–H and O–H groups in total. The molecule has 1 nitrogen and oxygen atoms in total. The van der Waals surface area contributed by atoms with Crippen LogP contribution in [0.2, 0.25) is 0 Å². The lowest BCUT2D eigenvalue weighted by Gasteiger charge is -2.38. The minimum Gasteiger partial charge on any atom is -0.294 e. The molecule has 2 saturated carbocycles. The highest BCUT2D eigenvalue weighted by Crippen LogP contribution is 2.67. The van der Waals surface area contributed by atoms with Gasteiger partial charge in [0.15, 0.2) is 5.78 Å². The molecule has 2 atom stereocenters. The summed E-state index contributed by atoms with van der Waals surface area (Å²) in [5.74, 6) is 1.10. The van der Waals surface area contributed by atoms with Crippen LogP contribution < -0.4 is 0 Å². The smallest absolute Gasteiger partial charge is 0.165 e. The van der Waals surface area contributed by atoms with Gasteiger partial charge in [-0.3, -0.25) is 4.79 Å². The van der Waals surface area contributed by atoms with Gasteiger partial charge in [-0.2, -0.15) is 0 Å². The summed E-state index contributed by atoms with van der Waals surface area (Å²) in [5.41, 5.74) is 1.61. The van der Waals surface area contributed by atoms with E-state index in [0.717, 1.165) is 18.8 Å². The minimum atomic E-state index is -0.0666. The number of rotatable bonds is 0. The Morgan fingerprint density at radius 2 is 2.21 bits per heavy atom. The molecule has 3 aliphatic rings. The minimum absolute atomic E-state index is 0.0666. The zero-order valence-corrected chi connectivity index (χ0v) is 8.84. The lowest BCUT2D eigenvalue weighted by Crippen LogP contribution is -2.34. The second-order valence-electron chi connectivity index (χ2n) is 5.55. The number of hydrogen-bond acceptors (Lipinski definition) is 1. The van der Waals surface area contributed by atoms with E-state index in [-0.39, 0.29) is 10.8 Å². The second kappa shape index (κ2) is 2.21. The fourth-order valence-corrected chi connectivity index (χ4v) is 3.86. The number of fused-ring (bicyclic) bond motifs is 1. The molecule has 3 rings (SSSR count). The van der Waals surface area contributed by atoms with E-state index in [0.29, 0.717) is 5.78 Å². The van der Waals surface area contributed by atoms with E-state index >= 15 is 0 Å². The molecule has 0 radical (unpaired) electrons. The van der Waals surface area contributed by atoms with E-state index in [1.54, 1.807) is 6.08 Å². The van der Waals surface area contributed by atoms with Crippen molar-refractivity contribution in [3.8, 4) is 0 Å². The van der Waals surface area contributed by atoms with Crippen LogP contribution in [0.4, 0.5) is 0 Å². The number of carbonyl (C=O) groups excluding carboxylic acids is 1. The van der Waals surface area contributed by atoms with Gasteiger partial charge in [0.2, 0.25) is 0 Å². The molecule has 0 heterocycles. The molecular weight excluding hydrogens is 172 g/mol. The first kappa shape index (κ1) is 8.46. The predicted octanol–water partition coefficient (Wildman–Crippen LogP) is 2.88. The zero-order chi connectivity index (χ0) is 9.97. The highest BCUT2D eigenvalue weighted by molar-refractivity contribution is 6.00. The van der Waals surface area contributed by atoms with Gasteiger partial charge in [-0.25, -0.2) is 0 Å². The van der Waals surface area contributed by atoms with Crippen molar-refractivity contribution in [3.63, 3.8) is 0 Å². The summed E-state index contributed by atoms with van der Waals surface area (Å²) in [5, 5.41) is 0. The summed E-state index contributed by atoms with van der Waals surface area (Å²) in [6, 6.07) is 0. The SMILES string of the molecule is CC1(C)C2=CC=CC(=O)[C@]23CC[C@H]1C3. The Kier molecular flexibility index (Phi) is 1.33. The Morgan fingerprint density at radius 3 is 2.93 bits per heavy atom. The molecule has 1 spiro atoms. The Morgan fingerprint density at radius 1 is 1.43 bits per heavy atom. The molecular formula is C13H16O. The lowest BCUT2D eigenvalue weighted by atomic mass is 9.65. The molecule has 0 aromatic rings. The highest BCUT2D eigenvalue weighted by atomic mass is 16.1. The summed E-state index contributed by atoms with van der Waals surface area (Å²) in [7, 11) is 0. The molecule has 0 amide bonds. The van der Waals surface area contributed by atoms with E-state index in [1.165, 1.54) is 12.0 Å². The van der Waals surface area contributed by atoms with Gasteiger partial charge in [-0.05, 0) is 36.7 Å². The maximum Gasteiger partial charge on any atom is 0.165 e. The van der Waals surface area contributed by atoms with Crippen molar-refractivity contribution in [2.45, 2.75) is 33.1 Å². The maximum atomic E-state index is 12.0. The van der Waals surface area contributed by atoms with Crippen LogP contribution in [0.5, 0.6) is 0 Å². The third kappa shape index (κ3) is 0.713. The van der Waals surface area contributed by atoms with Crippen LogP contribution in [0.15, 0.2) is 23.8 Å². The largest absolute Gasteiger partial charge is 0.294 e. The molecule has 0 aromatic carbocycles. The average Bonchev–Trinajstić information content (AvgIpc) is 2.63. The summed E-state index contributed by atoms with van der Waals surface area (Å²) >= 11 is 0. The first-order valence-corrected chi connectivity index (χ1v) is 5.51. The molecule has 0 saturated heterocycles. The van der Waals surface area contributed by atoms with Gasteiger partial charge in [0.1, 0.15) is 0 Å². The summed E-state index contributed by atoms with van der Waals surface area (Å²) in [4.78, 5) is 12.0. The van der Waals surface area contributed by atoms with Crippen molar-refractivity contribution in [2.24, 2.45) is 16.7 Å². The van der Waals surface area contributed by atoms with Crippen molar-refractivity contribution >= 4 is 5.78 Å². The van der Waals surface area contributed by atoms with E-state index in [9.17, 15) is 4.79 Å². The average molecular weight is 188 g/mol. The molecule has 2 bridgehead atoms. The number of hydrogen-bond donors (Lipinski definition) is 0. The molecule has 0 aromatic heterocycles. The van der Waals surface area contributed by atoms with Crippen LogP contribution in [-0.2, 0) is 4.79 Å². The van der Waals surface area contributed by atoms with Gasteiger partial charge in [0, 0.05) is 0 Å². The summed E-state index contributed by atoms with van der Waals surface area (Å²) in [6.45, 7) is 4.60. The van der Waals surface area contributed by atoms with E-state index in [1.807, 2.05) is 6.08 Å². The van der Waals surface area contributed by atoms with Crippen LogP contribution in [0.1, 0.15) is 33.1 Å². The Hall–Kier alpha value is -0.850. The fraction of sp³-hybridized carbons (Fsp3) is 0.615. The van der Waals surface area contributed by atoms with Gasteiger partial charge >= 0.3 is 0 Å². The molecule has 14 heavy (non-hydrogen) atoms. The summed E-state index contributed by atoms with van der Waals surface area (Å²) in [6.07, 6.45) is 9.34. The third-order valence-corrected chi connectivity index (χ3v) is 4.73. The van der Waals surface area contributed by atoms with Crippen molar-refractivity contribution in [1.82, 2.24) is 0 Å². The van der Waals surface area contributed by atoms with Crippen molar-refractivity contribution in [2.75, 3.05) is 0 Å². The van der Waals surface area contributed by atoms with Crippen molar-refractivity contribution in [1.29, 1.82) is 0 Å². The monoisotopic (exact) mass is 188 g/mol. The van der Waals surface area contributed by atoms with Crippen LogP contribution in [0, 0.1) is 16.7 Å². The topological polar surface area (TPSA) is 17.1 Å². The molecule has 74 valence electrons. The van der Waals surface area contributed by atoms with Crippen LogP contribution >= 0.6 is 0 Å². The number of allylic oxidation sites excluding steroid dienone is 4. The number of carbonyl (C=O) groups is 1. The first-order valence-electron chi connectivity index (χ1n) is 5.51. The normalized spacial score (nSPS) is 42.6. The molecule has 1 heteroatoms. The summed E-state index contributed by atoms with van der Waals surface area (Å²) < 4.78 is 0. The second-order valence-corrected chi connectivity index (χ2v) is 5.55. The molecule has 0 unspecified atom stereocenters. The maximum absolute atomic E-state index is 12.0. The van der Waals surface area contributed by atoms with Gasteiger partial charge in [0.25, 0.3) is 0 Å². The van der Waals surface area contributed by atoms with Gasteiger partial charge < -0.3 is 0 Å². The van der Waals surface area contributed by atoms with E-state index < -0.39 is 0 Å². The Bertz CT molecular complexity index is 373. The quantitative estimate of drug-likeness (QED) is 0.571. The zero-order valence-electron chi connectivity index (χ0n) is 8.84. The van der Waals surface area contributed by atoms with E-state index in [4.69, 9.17) is 0 Å². The molecule has 3 aliphatic carbocycles. The molecule has 2 fully saturated rings. The Balaban J connectivity index is 2.21. The standard InChI is InChI=1S/C13H16O/c1-12(2)9-6-7-13(8-9)10(12)4-3-5-11(13)14/h3-5,9H,6-8H2,1-2H3/t9-,13-/m0/s1. The fourth-order valence-electron chi connectivity index (χ4n) is 3.86. The third-order valence-electron chi connectivity index (χ3n) is 4.73. The van der Waals surface area contributed by atoms with Crippen LogP contribution in [-0.4, -0.2) is 5.78 Å². The lowest BCUT2D eigenvalue weighted by molar-refractivity contribution is -0.121. The molecule has 0 aliphatic heterocycles. The Labute approximate surface area is 84.9 Å². The van der Waals surface area contributed by atoms with E-state index in [2.05, 4.69) is 19.9 Å². The van der Waals surface area contributed by atoms with Crippen molar-refractivity contribution in [3.05, 3.63) is 23.8 Å². The predicted molar refractivity (Wildman–Crippen MR) is 55.8 cm³/mol. The van der Waals surface area contributed by atoms with Crippen molar-refractivity contribution < 1.29 is 4.79 Å². The van der Waals surface area contributed by atoms with Gasteiger partial charge in [-0.1, -0.05) is 31.6 Å². The van der Waals surface area contributed by atoms with Gasteiger partial charge in [0.05, 0.1) is 5.41 Å².